The van der Waals surface area contributed by atoms with Crippen molar-refractivity contribution >= 4 is 40.8 Å². The van der Waals surface area contributed by atoms with E-state index >= 15 is 0 Å². The molecule has 1 amide bonds. The molecule has 0 bridgehead atoms. The van der Waals surface area contributed by atoms with Crippen LogP contribution in [0.3, 0.4) is 0 Å². The molecule has 1 atom stereocenters. The number of aromatic nitrogens is 2. The summed E-state index contributed by atoms with van der Waals surface area (Å²) in [5.41, 5.74) is -3.29. The highest BCUT2D eigenvalue weighted by molar-refractivity contribution is 7.81. The number of rotatable bonds is 2. The minimum absolute atomic E-state index is 0.0437. The van der Waals surface area contributed by atoms with E-state index in [2.05, 4.69) is 22.6 Å². The number of carbonyl (C=O) groups excluding carboxylic acids is 1. The Balaban J connectivity index is 1.83. The van der Waals surface area contributed by atoms with Gasteiger partial charge in [0.1, 0.15) is 11.4 Å². The second kappa shape index (κ2) is 7.52. The molecule has 2 heterocycles. The Bertz CT molecular complexity index is 1390. The number of carbonyl (C=O) groups is 1. The van der Waals surface area contributed by atoms with Gasteiger partial charge in [0.15, 0.2) is 5.50 Å². The summed E-state index contributed by atoms with van der Waals surface area (Å²) in [5, 5.41) is 9.36. The van der Waals surface area contributed by atoms with Gasteiger partial charge in [-0.2, -0.15) is 23.4 Å². The van der Waals surface area contributed by atoms with Crippen LogP contribution in [0.4, 0.5) is 24.5 Å². The lowest BCUT2D eigenvalue weighted by Gasteiger charge is -2.33. The van der Waals surface area contributed by atoms with Gasteiger partial charge in [-0.05, 0) is 57.2 Å². The smallest absolute Gasteiger partial charge is 0.343 e. The van der Waals surface area contributed by atoms with E-state index in [1.165, 1.54) is 12.1 Å². The lowest BCUT2D eigenvalue weighted by Crippen LogP contribution is -2.45. The van der Waals surface area contributed by atoms with E-state index in [1.807, 2.05) is 0 Å². The number of nitrogens with one attached hydrogen (secondary N) is 1. The molecule has 33 heavy (non-hydrogen) atoms. The average Bonchev–Trinajstić information content (AvgIpc) is 2.90. The Labute approximate surface area is 191 Å². The zero-order chi connectivity index (χ0) is 24.3. The molecule has 1 fully saturated rings. The van der Waals surface area contributed by atoms with Crippen LogP contribution in [0.15, 0.2) is 41.2 Å². The highest BCUT2D eigenvalue weighted by Gasteiger charge is 2.51. The van der Waals surface area contributed by atoms with Crippen LogP contribution in [0.1, 0.15) is 30.8 Å². The van der Waals surface area contributed by atoms with Crippen molar-refractivity contribution < 1.29 is 18.0 Å². The number of thiol groups is 1. The monoisotopic (exact) mass is 473 g/mol. The summed E-state index contributed by atoms with van der Waals surface area (Å²) in [6.07, 6.45) is -4.77. The second-order valence-corrected chi connectivity index (χ2v) is 8.61. The first-order chi connectivity index (χ1) is 15.4. The van der Waals surface area contributed by atoms with Gasteiger partial charge < -0.3 is 9.88 Å². The molecular formula is C22H18F3N5O2S. The number of benzene rings is 2. The number of amides is 1. The van der Waals surface area contributed by atoms with Gasteiger partial charge in [-0.15, -0.1) is 12.6 Å². The van der Waals surface area contributed by atoms with Crippen molar-refractivity contribution in [1.29, 1.82) is 5.26 Å². The van der Waals surface area contributed by atoms with Crippen LogP contribution in [-0.4, -0.2) is 26.9 Å². The Hall–Kier alpha value is -3.52. The maximum Gasteiger partial charge on any atom is 0.417 e. The van der Waals surface area contributed by atoms with Crippen molar-refractivity contribution in [2.45, 2.75) is 38.0 Å². The van der Waals surface area contributed by atoms with E-state index in [4.69, 9.17) is 5.26 Å². The molecule has 1 unspecified atom stereocenters. The van der Waals surface area contributed by atoms with E-state index in [1.54, 1.807) is 43.9 Å². The second-order valence-electron chi connectivity index (χ2n) is 8.15. The number of fused-ring (bicyclic) bond motifs is 1. The number of nitriles is 1. The zero-order valence-electron chi connectivity index (χ0n) is 17.7. The molecule has 3 aromatic rings. The number of aromatic amines is 1. The zero-order valence-corrected chi connectivity index (χ0v) is 18.6. The van der Waals surface area contributed by atoms with Gasteiger partial charge in [0.25, 0.3) is 11.5 Å². The van der Waals surface area contributed by atoms with Crippen LogP contribution in [0.5, 0.6) is 0 Å². The standard InChI is InChI=1S/C22H18F3N5O2S/c1-11-27-17-7-6-14(8-15(17)18(31)28-11)30-20(33)29(19(32)21(30,2)3)13-5-4-12(10-26)16(9-13)22(23,24)25/h4-9,20,33H,1-3H3,(H,27,28,31). The summed E-state index contributed by atoms with van der Waals surface area (Å²) in [6, 6.07) is 9.56. The highest BCUT2D eigenvalue weighted by atomic mass is 32.1. The summed E-state index contributed by atoms with van der Waals surface area (Å²) in [7, 11) is 0. The fraction of sp³-hybridized carbons (Fsp3) is 0.273. The van der Waals surface area contributed by atoms with Crippen molar-refractivity contribution in [3.63, 3.8) is 0 Å². The SMILES string of the molecule is Cc1nc(=O)c2cc(N3C(S)N(c4ccc(C#N)c(C(F)(F)F)c4)C(=O)C3(C)C)ccc2[nH]1. The topological polar surface area (TPSA) is 93.1 Å². The Morgan fingerprint density at radius 2 is 1.82 bits per heavy atom. The predicted molar refractivity (Wildman–Crippen MR) is 120 cm³/mol. The number of alkyl halides is 3. The summed E-state index contributed by atoms with van der Waals surface area (Å²) in [6.45, 7) is 4.90. The quantitative estimate of drug-likeness (QED) is 0.550. The molecule has 1 aliphatic heterocycles. The molecule has 0 aliphatic carbocycles. The summed E-state index contributed by atoms with van der Waals surface area (Å²) in [5.74, 6) is -0.0344. The Morgan fingerprint density at radius 3 is 2.45 bits per heavy atom. The highest BCUT2D eigenvalue weighted by Crippen LogP contribution is 2.42. The largest absolute Gasteiger partial charge is 0.417 e. The number of hydrogen-bond acceptors (Lipinski definition) is 6. The van der Waals surface area contributed by atoms with Crippen LogP contribution in [-0.2, 0) is 11.0 Å². The molecule has 1 aliphatic rings. The molecule has 1 saturated heterocycles. The molecule has 170 valence electrons. The van der Waals surface area contributed by atoms with Crippen LogP contribution in [0.2, 0.25) is 0 Å². The fourth-order valence-electron chi connectivity index (χ4n) is 4.03. The van der Waals surface area contributed by atoms with Crippen molar-refractivity contribution in [3.05, 3.63) is 63.7 Å². The van der Waals surface area contributed by atoms with E-state index in [0.29, 0.717) is 22.4 Å². The average molecular weight is 473 g/mol. The van der Waals surface area contributed by atoms with Crippen molar-refractivity contribution in [3.8, 4) is 6.07 Å². The van der Waals surface area contributed by atoms with Gasteiger partial charge in [-0.3, -0.25) is 14.5 Å². The van der Waals surface area contributed by atoms with E-state index in [-0.39, 0.29) is 5.69 Å². The third-order valence-electron chi connectivity index (χ3n) is 5.61. The summed E-state index contributed by atoms with van der Waals surface area (Å²) < 4.78 is 40.4. The van der Waals surface area contributed by atoms with Gasteiger partial charge in [0.05, 0.1) is 28.1 Å². The normalized spacial score (nSPS) is 18.1. The number of hydrogen-bond donors (Lipinski definition) is 2. The van der Waals surface area contributed by atoms with E-state index in [9.17, 15) is 22.8 Å². The molecule has 2 aromatic carbocycles. The van der Waals surface area contributed by atoms with Crippen LogP contribution < -0.4 is 15.4 Å². The van der Waals surface area contributed by atoms with Gasteiger partial charge in [-0.25, -0.2) is 0 Å². The van der Waals surface area contributed by atoms with Crippen LogP contribution in [0.25, 0.3) is 10.9 Å². The first kappa shape index (κ1) is 22.7. The summed E-state index contributed by atoms with van der Waals surface area (Å²) in [4.78, 5) is 35.3. The number of aryl methyl sites for hydroxylation is 1. The number of halogens is 3. The molecule has 7 nitrogen and oxygen atoms in total. The van der Waals surface area contributed by atoms with Crippen LogP contribution >= 0.6 is 12.6 Å². The number of H-pyrrole nitrogens is 1. The maximum absolute atomic E-state index is 13.5. The number of anilines is 2. The summed E-state index contributed by atoms with van der Waals surface area (Å²) >= 11 is 4.55. The van der Waals surface area contributed by atoms with Crippen molar-refractivity contribution in [2.75, 3.05) is 9.80 Å². The minimum atomic E-state index is -4.77. The fourth-order valence-corrected chi connectivity index (χ4v) is 4.69. The Morgan fingerprint density at radius 1 is 1.15 bits per heavy atom. The Kier molecular flexibility index (Phi) is 5.16. The van der Waals surface area contributed by atoms with Crippen molar-refractivity contribution in [1.82, 2.24) is 9.97 Å². The first-order valence-electron chi connectivity index (χ1n) is 9.79. The molecule has 1 N–H and O–H groups in total. The van der Waals surface area contributed by atoms with Gasteiger partial charge >= 0.3 is 6.18 Å². The van der Waals surface area contributed by atoms with Gasteiger partial charge in [0.2, 0.25) is 0 Å². The predicted octanol–water partition coefficient (Wildman–Crippen LogP) is 3.97. The van der Waals surface area contributed by atoms with E-state index < -0.39 is 39.8 Å². The van der Waals surface area contributed by atoms with E-state index in [0.717, 1.165) is 17.0 Å². The molecule has 0 spiro atoms. The first-order valence-corrected chi connectivity index (χ1v) is 10.3. The molecule has 11 heteroatoms. The van der Waals surface area contributed by atoms with Gasteiger partial charge in [0, 0.05) is 11.4 Å². The molecular weight excluding hydrogens is 455 g/mol. The number of nitrogens with zero attached hydrogens (tertiary/aromatic N) is 4. The van der Waals surface area contributed by atoms with Gasteiger partial charge in [-0.1, -0.05) is 0 Å². The third kappa shape index (κ3) is 3.60. The molecule has 4 rings (SSSR count). The molecule has 0 radical (unpaired) electrons. The molecule has 0 saturated carbocycles. The lowest BCUT2D eigenvalue weighted by molar-refractivity contribution is -0.137. The molecule has 1 aromatic heterocycles. The lowest BCUT2D eigenvalue weighted by atomic mass is 10.0. The third-order valence-corrected chi connectivity index (χ3v) is 6.07. The van der Waals surface area contributed by atoms with Crippen LogP contribution in [0, 0.1) is 18.3 Å². The van der Waals surface area contributed by atoms with Crippen molar-refractivity contribution in [2.24, 2.45) is 0 Å². The minimum Gasteiger partial charge on any atom is -0.343 e. The maximum atomic E-state index is 13.5.